The fraction of sp³-hybridized carbons (Fsp3) is 0.286. The van der Waals surface area contributed by atoms with E-state index in [9.17, 15) is 4.39 Å². The fourth-order valence-electron chi connectivity index (χ4n) is 0.705. The van der Waals surface area contributed by atoms with Crippen LogP contribution in [0.1, 0.15) is 17.9 Å². The molecule has 0 aliphatic heterocycles. The summed E-state index contributed by atoms with van der Waals surface area (Å²) in [6.07, 6.45) is 1.56. The summed E-state index contributed by atoms with van der Waals surface area (Å²) < 4.78 is 12.7. The zero-order valence-corrected chi connectivity index (χ0v) is 6.48. The lowest BCUT2D eigenvalue weighted by Gasteiger charge is -2.02. The van der Waals surface area contributed by atoms with Gasteiger partial charge < -0.3 is 0 Å². The molecule has 0 aliphatic carbocycles. The normalized spacial score (nSPS) is 13.1. The topological polar surface area (TPSA) is 12.9 Å². The van der Waals surface area contributed by atoms with Crippen LogP contribution in [0.2, 0.25) is 0 Å². The summed E-state index contributed by atoms with van der Waals surface area (Å²) in [7, 11) is 0. The molecule has 1 nitrogen and oxygen atoms in total. The van der Waals surface area contributed by atoms with Crippen molar-refractivity contribution >= 4 is 12.6 Å². The van der Waals surface area contributed by atoms with Gasteiger partial charge in [0.15, 0.2) is 0 Å². The quantitative estimate of drug-likeness (QED) is 0.617. The van der Waals surface area contributed by atoms with Gasteiger partial charge in [-0.1, -0.05) is 0 Å². The van der Waals surface area contributed by atoms with Crippen molar-refractivity contribution in [3.63, 3.8) is 0 Å². The van der Waals surface area contributed by atoms with E-state index in [0.717, 1.165) is 0 Å². The summed E-state index contributed by atoms with van der Waals surface area (Å²) >= 11 is 4.05. The SMILES string of the molecule is CC(S)c1ncccc1F. The summed E-state index contributed by atoms with van der Waals surface area (Å²) in [6, 6.07) is 2.95. The first-order valence-corrected chi connectivity index (χ1v) is 3.52. The first-order chi connectivity index (χ1) is 4.72. The highest BCUT2D eigenvalue weighted by atomic mass is 32.1. The highest BCUT2D eigenvalue weighted by Gasteiger charge is 2.05. The van der Waals surface area contributed by atoms with Gasteiger partial charge in [-0.3, -0.25) is 4.98 Å². The standard InChI is InChI=1S/C7H8FNS/c1-5(10)7-6(8)3-2-4-9-7/h2-5,10H,1H3. The number of thiol groups is 1. The Balaban J connectivity index is 3.03. The predicted octanol–water partition coefficient (Wildman–Crippen LogP) is 2.21. The molecule has 3 heteroatoms. The number of pyridine rings is 1. The molecular weight excluding hydrogens is 149 g/mol. The molecule has 0 aliphatic rings. The van der Waals surface area contributed by atoms with Gasteiger partial charge in [0.05, 0.1) is 5.69 Å². The molecule has 0 N–H and O–H groups in total. The van der Waals surface area contributed by atoms with Crippen LogP contribution >= 0.6 is 12.6 Å². The molecule has 0 amide bonds. The monoisotopic (exact) mass is 157 g/mol. The van der Waals surface area contributed by atoms with Crippen LogP contribution in [-0.4, -0.2) is 4.98 Å². The third kappa shape index (κ3) is 1.48. The molecule has 54 valence electrons. The Kier molecular flexibility index (Phi) is 2.27. The zero-order valence-electron chi connectivity index (χ0n) is 5.58. The minimum Gasteiger partial charge on any atom is -0.257 e. The second-order valence-electron chi connectivity index (χ2n) is 2.05. The van der Waals surface area contributed by atoms with E-state index in [4.69, 9.17) is 0 Å². The number of halogens is 1. The molecule has 0 fully saturated rings. The summed E-state index contributed by atoms with van der Waals surface area (Å²) in [5.74, 6) is -0.287. The van der Waals surface area contributed by atoms with Gasteiger partial charge in [0.25, 0.3) is 0 Å². The van der Waals surface area contributed by atoms with Crippen LogP contribution in [0.15, 0.2) is 18.3 Å². The van der Waals surface area contributed by atoms with Crippen molar-refractivity contribution in [2.45, 2.75) is 12.2 Å². The third-order valence-corrected chi connectivity index (χ3v) is 1.43. The van der Waals surface area contributed by atoms with Gasteiger partial charge in [-0.15, -0.1) is 0 Å². The Labute approximate surface area is 64.7 Å². The van der Waals surface area contributed by atoms with Gasteiger partial charge in [-0.25, -0.2) is 4.39 Å². The van der Waals surface area contributed by atoms with E-state index < -0.39 is 0 Å². The summed E-state index contributed by atoms with van der Waals surface area (Å²) in [5.41, 5.74) is 0.408. The Morgan fingerprint density at radius 1 is 1.70 bits per heavy atom. The molecule has 1 aromatic heterocycles. The van der Waals surface area contributed by atoms with Crippen LogP contribution in [0.25, 0.3) is 0 Å². The van der Waals surface area contributed by atoms with Gasteiger partial charge in [0.1, 0.15) is 5.82 Å². The maximum absolute atomic E-state index is 12.7. The minimum atomic E-state index is -0.287. The van der Waals surface area contributed by atoms with Crippen LogP contribution in [0.3, 0.4) is 0 Å². The number of rotatable bonds is 1. The Morgan fingerprint density at radius 3 is 2.80 bits per heavy atom. The largest absolute Gasteiger partial charge is 0.257 e. The first-order valence-electron chi connectivity index (χ1n) is 3.00. The van der Waals surface area contributed by atoms with Gasteiger partial charge in [-0.05, 0) is 19.1 Å². The van der Waals surface area contributed by atoms with Crippen LogP contribution in [0.5, 0.6) is 0 Å². The van der Waals surface area contributed by atoms with Gasteiger partial charge in [-0.2, -0.15) is 12.6 Å². The average molecular weight is 157 g/mol. The van der Waals surface area contributed by atoms with E-state index in [2.05, 4.69) is 17.6 Å². The van der Waals surface area contributed by atoms with Crippen molar-refractivity contribution < 1.29 is 4.39 Å². The van der Waals surface area contributed by atoms with E-state index in [-0.39, 0.29) is 11.1 Å². The molecule has 0 spiro atoms. The lowest BCUT2D eigenvalue weighted by molar-refractivity contribution is 0.600. The fourth-order valence-corrected chi connectivity index (χ4v) is 0.895. The van der Waals surface area contributed by atoms with Crippen LogP contribution < -0.4 is 0 Å². The van der Waals surface area contributed by atoms with E-state index in [1.807, 2.05) is 0 Å². The third-order valence-electron chi connectivity index (χ3n) is 1.18. The molecule has 1 aromatic rings. The number of hydrogen-bond acceptors (Lipinski definition) is 2. The van der Waals surface area contributed by atoms with E-state index in [0.29, 0.717) is 5.69 Å². The maximum Gasteiger partial charge on any atom is 0.145 e. The molecule has 0 saturated heterocycles. The minimum absolute atomic E-state index is 0.138. The number of aromatic nitrogens is 1. The van der Waals surface area contributed by atoms with Crippen molar-refractivity contribution in [2.24, 2.45) is 0 Å². The van der Waals surface area contributed by atoms with Gasteiger partial charge in [0.2, 0.25) is 0 Å². The second-order valence-corrected chi connectivity index (χ2v) is 2.82. The highest BCUT2D eigenvalue weighted by molar-refractivity contribution is 7.80. The maximum atomic E-state index is 12.7. The van der Waals surface area contributed by atoms with Crippen LogP contribution in [-0.2, 0) is 0 Å². The second kappa shape index (κ2) is 3.01. The summed E-state index contributed by atoms with van der Waals surface area (Å²) in [5, 5.41) is -0.138. The average Bonchev–Trinajstić information content (AvgIpc) is 1.88. The molecular formula is C7H8FNS. The van der Waals surface area contributed by atoms with Crippen molar-refractivity contribution in [2.75, 3.05) is 0 Å². The molecule has 0 saturated carbocycles. The molecule has 1 rings (SSSR count). The highest BCUT2D eigenvalue weighted by Crippen LogP contribution is 2.18. The molecule has 1 unspecified atom stereocenters. The Bertz CT molecular complexity index is 225. The van der Waals surface area contributed by atoms with Crippen molar-refractivity contribution in [3.05, 3.63) is 29.8 Å². The smallest absolute Gasteiger partial charge is 0.145 e. The molecule has 1 atom stereocenters. The van der Waals surface area contributed by atoms with Gasteiger partial charge in [0, 0.05) is 11.4 Å². The van der Waals surface area contributed by atoms with Crippen molar-refractivity contribution in [1.82, 2.24) is 4.98 Å². The summed E-state index contributed by atoms with van der Waals surface area (Å²) in [6.45, 7) is 1.79. The molecule has 1 heterocycles. The lowest BCUT2D eigenvalue weighted by Crippen LogP contribution is -1.93. The predicted molar refractivity (Wildman–Crippen MR) is 41.6 cm³/mol. The van der Waals surface area contributed by atoms with E-state index in [1.165, 1.54) is 6.07 Å². The molecule has 0 radical (unpaired) electrons. The number of nitrogens with zero attached hydrogens (tertiary/aromatic N) is 1. The lowest BCUT2D eigenvalue weighted by atomic mass is 10.3. The van der Waals surface area contributed by atoms with Crippen LogP contribution in [0, 0.1) is 5.82 Å². The van der Waals surface area contributed by atoms with Gasteiger partial charge >= 0.3 is 0 Å². The first kappa shape index (κ1) is 7.54. The zero-order chi connectivity index (χ0) is 7.56. The van der Waals surface area contributed by atoms with Crippen LogP contribution in [0.4, 0.5) is 4.39 Å². The van der Waals surface area contributed by atoms with E-state index in [1.54, 1.807) is 19.2 Å². The molecule has 10 heavy (non-hydrogen) atoms. The Hall–Kier alpha value is -0.570. The van der Waals surface area contributed by atoms with Crippen molar-refractivity contribution in [1.29, 1.82) is 0 Å². The van der Waals surface area contributed by atoms with Crippen molar-refractivity contribution in [3.8, 4) is 0 Å². The summed E-state index contributed by atoms with van der Waals surface area (Å²) in [4.78, 5) is 3.83. The van der Waals surface area contributed by atoms with E-state index >= 15 is 0 Å². The Morgan fingerprint density at radius 2 is 2.40 bits per heavy atom. The number of hydrogen-bond donors (Lipinski definition) is 1. The molecule has 0 aromatic carbocycles. The molecule has 0 bridgehead atoms.